The SMILES string of the molecule is Cc1cc2c(cn1)CCc1cnccc1N2. The predicted molar refractivity (Wildman–Crippen MR) is 63.9 cm³/mol. The molecule has 0 fully saturated rings. The standard InChI is InChI=1S/C13H13N3/c1-9-6-13-11(8-15-9)3-2-10-7-14-5-4-12(10)16-13/h4-8,16H,2-3H2,1H3. The monoisotopic (exact) mass is 211 g/mol. The van der Waals surface area contributed by atoms with Gasteiger partial charge in [0.05, 0.1) is 0 Å². The van der Waals surface area contributed by atoms with E-state index in [1.165, 1.54) is 22.5 Å². The smallest absolute Gasteiger partial charge is 0.0450 e. The van der Waals surface area contributed by atoms with Crippen LogP contribution in [0.1, 0.15) is 16.8 Å². The number of hydrogen-bond donors (Lipinski definition) is 1. The Morgan fingerprint density at radius 2 is 1.94 bits per heavy atom. The lowest BCUT2D eigenvalue weighted by Gasteiger charge is -2.09. The molecule has 1 N–H and O–H groups in total. The molecule has 0 spiro atoms. The maximum absolute atomic E-state index is 4.34. The zero-order chi connectivity index (χ0) is 11.0. The summed E-state index contributed by atoms with van der Waals surface area (Å²) in [6.07, 6.45) is 7.78. The quantitative estimate of drug-likeness (QED) is 0.728. The second-order valence-corrected chi connectivity index (χ2v) is 4.14. The van der Waals surface area contributed by atoms with Crippen molar-refractivity contribution in [2.24, 2.45) is 0 Å². The molecule has 0 radical (unpaired) electrons. The van der Waals surface area contributed by atoms with Crippen molar-refractivity contribution in [3.8, 4) is 0 Å². The molecular formula is C13H13N3. The van der Waals surface area contributed by atoms with Gasteiger partial charge in [-0.25, -0.2) is 0 Å². The maximum atomic E-state index is 4.34. The third-order valence-electron chi connectivity index (χ3n) is 2.96. The van der Waals surface area contributed by atoms with Crippen LogP contribution in [0.2, 0.25) is 0 Å². The third kappa shape index (κ3) is 1.54. The molecule has 3 rings (SSSR count). The number of nitrogens with one attached hydrogen (secondary N) is 1. The van der Waals surface area contributed by atoms with Crippen molar-refractivity contribution in [2.75, 3.05) is 5.32 Å². The number of aromatic nitrogens is 2. The first-order chi connectivity index (χ1) is 7.83. The van der Waals surface area contributed by atoms with Crippen LogP contribution in [0.25, 0.3) is 0 Å². The first kappa shape index (κ1) is 9.33. The van der Waals surface area contributed by atoms with E-state index >= 15 is 0 Å². The minimum atomic E-state index is 1.02. The maximum Gasteiger partial charge on any atom is 0.0450 e. The van der Waals surface area contributed by atoms with E-state index in [-0.39, 0.29) is 0 Å². The van der Waals surface area contributed by atoms with Crippen LogP contribution in [0.15, 0.2) is 30.7 Å². The summed E-state index contributed by atoms with van der Waals surface area (Å²) >= 11 is 0. The Balaban J connectivity index is 2.10. The lowest BCUT2D eigenvalue weighted by molar-refractivity contribution is 0.955. The number of rotatable bonds is 0. The van der Waals surface area contributed by atoms with Crippen molar-refractivity contribution < 1.29 is 0 Å². The first-order valence-electron chi connectivity index (χ1n) is 5.48. The van der Waals surface area contributed by atoms with E-state index in [0.717, 1.165) is 18.5 Å². The summed E-state index contributed by atoms with van der Waals surface area (Å²) in [5, 5.41) is 3.46. The van der Waals surface area contributed by atoms with Gasteiger partial charge in [-0.1, -0.05) is 0 Å². The molecule has 0 saturated heterocycles. The number of anilines is 2. The van der Waals surface area contributed by atoms with Crippen LogP contribution in [-0.2, 0) is 12.8 Å². The van der Waals surface area contributed by atoms with Crippen LogP contribution in [0.5, 0.6) is 0 Å². The van der Waals surface area contributed by atoms with Gasteiger partial charge in [0.2, 0.25) is 0 Å². The molecule has 0 amide bonds. The summed E-state index contributed by atoms with van der Waals surface area (Å²) in [4.78, 5) is 8.51. The summed E-state index contributed by atoms with van der Waals surface area (Å²) < 4.78 is 0. The number of pyridine rings is 2. The van der Waals surface area contributed by atoms with Crippen molar-refractivity contribution in [1.82, 2.24) is 9.97 Å². The molecule has 0 aromatic carbocycles. The highest BCUT2D eigenvalue weighted by Crippen LogP contribution is 2.28. The molecular weight excluding hydrogens is 198 g/mol. The molecule has 0 bridgehead atoms. The van der Waals surface area contributed by atoms with Gasteiger partial charge in [-0.2, -0.15) is 0 Å². The summed E-state index contributed by atoms with van der Waals surface area (Å²) in [6, 6.07) is 4.13. The largest absolute Gasteiger partial charge is 0.355 e. The zero-order valence-electron chi connectivity index (χ0n) is 9.20. The second kappa shape index (κ2) is 3.59. The van der Waals surface area contributed by atoms with E-state index in [4.69, 9.17) is 0 Å². The fraction of sp³-hybridized carbons (Fsp3) is 0.231. The normalized spacial score (nSPS) is 13.3. The third-order valence-corrected chi connectivity index (χ3v) is 2.96. The fourth-order valence-corrected chi connectivity index (χ4v) is 2.07. The van der Waals surface area contributed by atoms with Gasteiger partial charge >= 0.3 is 0 Å². The average Bonchev–Trinajstić information content (AvgIpc) is 2.47. The fourth-order valence-electron chi connectivity index (χ4n) is 2.07. The summed E-state index contributed by atoms with van der Waals surface area (Å²) in [7, 11) is 0. The Labute approximate surface area is 94.6 Å². The first-order valence-corrected chi connectivity index (χ1v) is 5.48. The Kier molecular flexibility index (Phi) is 2.10. The Hall–Kier alpha value is -1.90. The summed E-state index contributed by atoms with van der Waals surface area (Å²) in [5.74, 6) is 0. The molecule has 3 heterocycles. The summed E-state index contributed by atoms with van der Waals surface area (Å²) in [5.41, 5.74) is 5.94. The Morgan fingerprint density at radius 1 is 1.12 bits per heavy atom. The number of hydrogen-bond acceptors (Lipinski definition) is 3. The molecule has 3 nitrogen and oxygen atoms in total. The zero-order valence-corrected chi connectivity index (χ0v) is 9.20. The molecule has 16 heavy (non-hydrogen) atoms. The van der Waals surface area contributed by atoms with Crippen molar-refractivity contribution in [1.29, 1.82) is 0 Å². The van der Waals surface area contributed by atoms with Gasteiger partial charge < -0.3 is 5.32 Å². The highest BCUT2D eigenvalue weighted by molar-refractivity contribution is 5.67. The highest BCUT2D eigenvalue weighted by Gasteiger charge is 2.12. The molecule has 1 aliphatic rings. The minimum Gasteiger partial charge on any atom is -0.355 e. The summed E-state index contributed by atoms with van der Waals surface area (Å²) in [6.45, 7) is 2.01. The van der Waals surface area contributed by atoms with Gasteiger partial charge in [-0.05, 0) is 43.0 Å². The van der Waals surface area contributed by atoms with Crippen LogP contribution in [-0.4, -0.2) is 9.97 Å². The van der Waals surface area contributed by atoms with E-state index < -0.39 is 0 Å². The van der Waals surface area contributed by atoms with Crippen LogP contribution >= 0.6 is 0 Å². The van der Waals surface area contributed by atoms with Gasteiger partial charge in [-0.3, -0.25) is 9.97 Å². The molecule has 0 unspecified atom stereocenters. The van der Waals surface area contributed by atoms with E-state index in [1.807, 2.05) is 31.6 Å². The molecule has 0 atom stereocenters. The lowest BCUT2D eigenvalue weighted by atomic mass is 10.1. The van der Waals surface area contributed by atoms with Gasteiger partial charge in [-0.15, -0.1) is 0 Å². The number of nitrogens with zero attached hydrogens (tertiary/aromatic N) is 2. The van der Waals surface area contributed by atoms with Gasteiger partial charge in [0.25, 0.3) is 0 Å². The molecule has 2 aromatic heterocycles. The molecule has 3 heteroatoms. The van der Waals surface area contributed by atoms with Crippen molar-refractivity contribution >= 4 is 11.4 Å². The van der Waals surface area contributed by atoms with Gasteiger partial charge in [0, 0.05) is 35.7 Å². The van der Waals surface area contributed by atoms with Crippen LogP contribution in [0, 0.1) is 6.92 Å². The van der Waals surface area contributed by atoms with Crippen molar-refractivity contribution in [3.05, 3.63) is 47.5 Å². The van der Waals surface area contributed by atoms with Crippen LogP contribution < -0.4 is 5.32 Å². The van der Waals surface area contributed by atoms with Crippen molar-refractivity contribution in [2.45, 2.75) is 19.8 Å². The minimum absolute atomic E-state index is 1.02. The van der Waals surface area contributed by atoms with E-state index in [1.54, 1.807) is 0 Å². The molecule has 0 saturated carbocycles. The van der Waals surface area contributed by atoms with Gasteiger partial charge in [0.15, 0.2) is 0 Å². The van der Waals surface area contributed by atoms with E-state index in [0.29, 0.717) is 0 Å². The molecule has 1 aliphatic heterocycles. The topological polar surface area (TPSA) is 37.8 Å². The molecule has 0 aliphatic carbocycles. The average molecular weight is 211 g/mol. The molecule has 2 aromatic rings. The van der Waals surface area contributed by atoms with Crippen LogP contribution in [0.3, 0.4) is 0 Å². The van der Waals surface area contributed by atoms with E-state index in [9.17, 15) is 0 Å². The van der Waals surface area contributed by atoms with E-state index in [2.05, 4.69) is 21.4 Å². The lowest BCUT2D eigenvalue weighted by Crippen LogP contribution is -1.95. The number of aryl methyl sites for hydroxylation is 3. The molecule has 80 valence electrons. The Bertz CT molecular complexity index is 534. The predicted octanol–water partition coefficient (Wildman–Crippen LogP) is 2.63. The highest BCUT2D eigenvalue weighted by atomic mass is 14.9. The Morgan fingerprint density at radius 3 is 2.81 bits per heavy atom. The van der Waals surface area contributed by atoms with Crippen molar-refractivity contribution in [3.63, 3.8) is 0 Å². The number of fused-ring (bicyclic) bond motifs is 2. The van der Waals surface area contributed by atoms with Crippen LogP contribution in [0.4, 0.5) is 11.4 Å². The second-order valence-electron chi connectivity index (χ2n) is 4.14. The van der Waals surface area contributed by atoms with Gasteiger partial charge in [0.1, 0.15) is 0 Å².